The maximum absolute atomic E-state index is 11.9. The highest BCUT2D eigenvalue weighted by molar-refractivity contribution is 9.10. The Bertz CT molecular complexity index is 508. The third kappa shape index (κ3) is 4.28. The van der Waals surface area contributed by atoms with Gasteiger partial charge in [-0.05, 0) is 41.4 Å². The van der Waals surface area contributed by atoms with Gasteiger partial charge in [-0.2, -0.15) is 0 Å². The van der Waals surface area contributed by atoms with E-state index in [0.717, 1.165) is 5.56 Å². The average molecular weight is 344 g/mol. The number of amides is 1. The SMILES string of the molecule is CCN(C)C(=O)C(C)NCc1ccc(Br)c([N+](=O)[O-])c1. The first-order chi connectivity index (χ1) is 9.36. The fourth-order valence-corrected chi connectivity index (χ4v) is 2.04. The first-order valence-electron chi connectivity index (χ1n) is 6.28. The van der Waals surface area contributed by atoms with Crippen molar-refractivity contribution in [1.82, 2.24) is 10.2 Å². The zero-order valence-electron chi connectivity index (χ0n) is 11.7. The Hall–Kier alpha value is -1.47. The molecule has 7 heteroatoms. The molecule has 6 nitrogen and oxygen atoms in total. The smallest absolute Gasteiger partial charge is 0.283 e. The van der Waals surface area contributed by atoms with Crippen molar-refractivity contribution in [2.24, 2.45) is 0 Å². The molecule has 0 fully saturated rings. The second-order valence-corrected chi connectivity index (χ2v) is 5.35. The van der Waals surface area contributed by atoms with Gasteiger partial charge in [0.2, 0.25) is 5.91 Å². The first kappa shape index (κ1) is 16.6. The van der Waals surface area contributed by atoms with Gasteiger partial charge in [-0.15, -0.1) is 0 Å². The summed E-state index contributed by atoms with van der Waals surface area (Å²) in [6, 6.07) is 4.59. The highest BCUT2D eigenvalue weighted by atomic mass is 79.9. The number of benzene rings is 1. The minimum Gasteiger partial charge on any atom is -0.345 e. The lowest BCUT2D eigenvalue weighted by Gasteiger charge is -2.20. The molecule has 0 saturated heterocycles. The number of rotatable bonds is 6. The Morgan fingerprint density at radius 1 is 1.55 bits per heavy atom. The van der Waals surface area contributed by atoms with Crippen LogP contribution in [0.5, 0.6) is 0 Å². The average Bonchev–Trinajstić information content (AvgIpc) is 2.43. The summed E-state index contributed by atoms with van der Waals surface area (Å²) in [5.41, 5.74) is 0.785. The molecule has 1 aromatic carbocycles. The molecule has 1 rings (SSSR count). The summed E-state index contributed by atoms with van der Waals surface area (Å²) >= 11 is 3.14. The van der Waals surface area contributed by atoms with E-state index >= 15 is 0 Å². The monoisotopic (exact) mass is 343 g/mol. The van der Waals surface area contributed by atoms with Crippen molar-refractivity contribution < 1.29 is 9.72 Å². The number of likely N-dealkylation sites (N-methyl/N-ethyl adjacent to an activating group) is 1. The summed E-state index contributed by atoms with van der Waals surface area (Å²) in [5, 5.41) is 13.9. The summed E-state index contributed by atoms with van der Waals surface area (Å²) < 4.78 is 0.445. The number of nitro benzene ring substituents is 1. The Morgan fingerprint density at radius 2 is 2.20 bits per heavy atom. The van der Waals surface area contributed by atoms with Crippen molar-refractivity contribution in [3.63, 3.8) is 0 Å². The molecule has 0 aliphatic carbocycles. The van der Waals surface area contributed by atoms with Crippen LogP contribution in [0.3, 0.4) is 0 Å². The van der Waals surface area contributed by atoms with Gasteiger partial charge in [0.25, 0.3) is 5.69 Å². The molecule has 20 heavy (non-hydrogen) atoms. The van der Waals surface area contributed by atoms with Gasteiger partial charge in [-0.1, -0.05) is 6.07 Å². The number of carbonyl (C=O) groups excluding carboxylic acids is 1. The second kappa shape index (κ2) is 7.35. The fourth-order valence-electron chi connectivity index (χ4n) is 1.65. The van der Waals surface area contributed by atoms with Gasteiger partial charge < -0.3 is 10.2 Å². The van der Waals surface area contributed by atoms with Crippen LogP contribution in [0.25, 0.3) is 0 Å². The number of halogens is 1. The molecular weight excluding hydrogens is 326 g/mol. The van der Waals surface area contributed by atoms with Crippen molar-refractivity contribution in [1.29, 1.82) is 0 Å². The molecule has 0 radical (unpaired) electrons. The number of hydrogen-bond acceptors (Lipinski definition) is 4. The Labute approximate surface area is 126 Å². The van der Waals surface area contributed by atoms with Gasteiger partial charge >= 0.3 is 0 Å². The van der Waals surface area contributed by atoms with Gasteiger partial charge in [0, 0.05) is 26.2 Å². The van der Waals surface area contributed by atoms with Gasteiger partial charge in [-0.25, -0.2) is 0 Å². The van der Waals surface area contributed by atoms with Crippen LogP contribution in [0.4, 0.5) is 5.69 Å². The maximum atomic E-state index is 11.9. The van der Waals surface area contributed by atoms with E-state index in [0.29, 0.717) is 17.6 Å². The summed E-state index contributed by atoms with van der Waals surface area (Å²) in [4.78, 5) is 23.9. The van der Waals surface area contributed by atoms with Crippen LogP contribution in [-0.4, -0.2) is 35.4 Å². The highest BCUT2D eigenvalue weighted by Gasteiger charge is 2.17. The molecule has 0 heterocycles. The third-order valence-corrected chi connectivity index (χ3v) is 3.71. The quantitative estimate of drug-likeness (QED) is 0.635. The Balaban J connectivity index is 2.69. The lowest BCUT2D eigenvalue weighted by atomic mass is 10.2. The Kier molecular flexibility index (Phi) is 6.09. The molecule has 0 aromatic heterocycles. The molecular formula is C13H18BrN3O3. The minimum atomic E-state index is -0.437. The lowest BCUT2D eigenvalue weighted by Crippen LogP contribution is -2.42. The number of nitro groups is 1. The van der Waals surface area contributed by atoms with E-state index in [-0.39, 0.29) is 17.6 Å². The predicted molar refractivity (Wildman–Crippen MR) is 80.4 cm³/mol. The third-order valence-electron chi connectivity index (χ3n) is 3.04. The normalized spacial score (nSPS) is 12.0. The van der Waals surface area contributed by atoms with Crippen LogP contribution in [-0.2, 0) is 11.3 Å². The predicted octanol–water partition coefficient (Wildman–Crippen LogP) is 2.31. The second-order valence-electron chi connectivity index (χ2n) is 4.50. The van der Waals surface area contributed by atoms with Crippen molar-refractivity contribution in [2.75, 3.05) is 13.6 Å². The van der Waals surface area contributed by atoms with Crippen molar-refractivity contribution in [2.45, 2.75) is 26.4 Å². The molecule has 0 aliphatic heterocycles. The zero-order valence-corrected chi connectivity index (χ0v) is 13.3. The summed E-state index contributed by atoms with van der Waals surface area (Å²) in [5.74, 6) is -0.000823. The van der Waals surface area contributed by atoms with Crippen LogP contribution >= 0.6 is 15.9 Å². The van der Waals surface area contributed by atoms with E-state index in [1.807, 2.05) is 6.92 Å². The molecule has 1 N–H and O–H groups in total. The first-order valence-corrected chi connectivity index (χ1v) is 7.07. The maximum Gasteiger partial charge on any atom is 0.283 e. The van der Waals surface area contributed by atoms with E-state index in [1.165, 1.54) is 6.07 Å². The summed E-state index contributed by atoms with van der Waals surface area (Å²) in [6.07, 6.45) is 0. The zero-order chi connectivity index (χ0) is 15.3. The Morgan fingerprint density at radius 3 is 2.75 bits per heavy atom. The molecule has 110 valence electrons. The van der Waals surface area contributed by atoms with Gasteiger partial charge in [0.15, 0.2) is 0 Å². The number of carbonyl (C=O) groups is 1. The van der Waals surface area contributed by atoms with Crippen molar-refractivity contribution >= 4 is 27.5 Å². The van der Waals surface area contributed by atoms with E-state index in [2.05, 4.69) is 21.2 Å². The van der Waals surface area contributed by atoms with E-state index < -0.39 is 4.92 Å². The molecule has 1 atom stereocenters. The molecule has 0 spiro atoms. The molecule has 1 unspecified atom stereocenters. The van der Waals surface area contributed by atoms with Gasteiger partial charge in [0.1, 0.15) is 0 Å². The standard InChI is InChI=1S/C13H18BrN3O3/c1-4-16(3)13(18)9(2)15-8-10-5-6-11(14)12(7-10)17(19)20/h5-7,9,15H,4,8H2,1-3H3. The van der Waals surface area contributed by atoms with Crippen LogP contribution in [0.15, 0.2) is 22.7 Å². The molecule has 0 aliphatic rings. The summed E-state index contributed by atoms with van der Waals surface area (Å²) in [7, 11) is 1.74. The lowest BCUT2D eigenvalue weighted by molar-refractivity contribution is -0.385. The summed E-state index contributed by atoms with van der Waals surface area (Å²) in [6.45, 7) is 4.73. The van der Waals surface area contributed by atoms with Crippen LogP contribution in [0.2, 0.25) is 0 Å². The van der Waals surface area contributed by atoms with Gasteiger partial charge in [-0.3, -0.25) is 14.9 Å². The molecule has 1 aromatic rings. The fraction of sp³-hybridized carbons (Fsp3) is 0.462. The van der Waals surface area contributed by atoms with Crippen molar-refractivity contribution in [3.05, 3.63) is 38.3 Å². The molecule has 0 bridgehead atoms. The van der Waals surface area contributed by atoms with Crippen LogP contribution < -0.4 is 5.32 Å². The number of nitrogens with one attached hydrogen (secondary N) is 1. The highest BCUT2D eigenvalue weighted by Crippen LogP contribution is 2.25. The van der Waals surface area contributed by atoms with Crippen LogP contribution in [0, 0.1) is 10.1 Å². The number of hydrogen-bond donors (Lipinski definition) is 1. The van der Waals surface area contributed by atoms with Crippen molar-refractivity contribution in [3.8, 4) is 0 Å². The van der Waals surface area contributed by atoms with Gasteiger partial charge in [0.05, 0.1) is 15.4 Å². The van der Waals surface area contributed by atoms with E-state index in [4.69, 9.17) is 0 Å². The van der Waals surface area contributed by atoms with Crippen LogP contribution in [0.1, 0.15) is 19.4 Å². The molecule has 0 saturated carbocycles. The van der Waals surface area contributed by atoms with E-state index in [9.17, 15) is 14.9 Å². The van der Waals surface area contributed by atoms with E-state index in [1.54, 1.807) is 31.0 Å². The largest absolute Gasteiger partial charge is 0.345 e. The number of nitrogens with zero attached hydrogens (tertiary/aromatic N) is 2. The minimum absolute atomic E-state index is 0.000823. The topological polar surface area (TPSA) is 75.5 Å². The molecule has 1 amide bonds.